The predicted octanol–water partition coefficient (Wildman–Crippen LogP) is 2.79. The summed E-state index contributed by atoms with van der Waals surface area (Å²) in [4.78, 5) is 14.9. The van der Waals surface area contributed by atoms with Gasteiger partial charge in [-0.2, -0.15) is 4.80 Å². The van der Waals surface area contributed by atoms with Gasteiger partial charge in [-0.15, -0.1) is 10.2 Å². The van der Waals surface area contributed by atoms with Crippen LogP contribution in [0.5, 0.6) is 0 Å². The Morgan fingerprint density at radius 3 is 2.68 bits per heavy atom. The first kappa shape index (κ1) is 17.0. The largest absolute Gasteiger partial charge is 0.340 e. The molecule has 0 bridgehead atoms. The molecular weight excluding hydrogens is 345 g/mol. The van der Waals surface area contributed by atoms with Crippen molar-refractivity contribution in [2.75, 3.05) is 7.05 Å². The molecule has 0 aliphatic heterocycles. The molecule has 0 radical (unpaired) electrons. The molecule has 6 nitrogen and oxygen atoms in total. The van der Waals surface area contributed by atoms with Crippen molar-refractivity contribution in [3.8, 4) is 11.4 Å². The predicted molar refractivity (Wildman–Crippen MR) is 91.1 cm³/mol. The Morgan fingerprint density at radius 2 is 1.92 bits per heavy atom. The third kappa shape index (κ3) is 4.00. The Hall–Kier alpha value is -2.80. The van der Waals surface area contributed by atoms with E-state index in [2.05, 4.69) is 15.4 Å². The highest BCUT2D eigenvalue weighted by atomic mass is 35.5. The lowest BCUT2D eigenvalue weighted by Crippen LogP contribution is -2.30. The molecule has 0 fully saturated rings. The van der Waals surface area contributed by atoms with Crippen LogP contribution in [0, 0.1) is 5.82 Å². The fourth-order valence-electron chi connectivity index (χ4n) is 2.27. The number of likely N-dealkylation sites (N-methyl/N-ethyl adjacent to an activating group) is 1. The Morgan fingerprint density at radius 1 is 1.20 bits per heavy atom. The van der Waals surface area contributed by atoms with Crippen LogP contribution in [0.2, 0.25) is 5.02 Å². The van der Waals surface area contributed by atoms with Crippen LogP contribution in [0.1, 0.15) is 5.56 Å². The smallest absolute Gasteiger partial charge is 0.246 e. The van der Waals surface area contributed by atoms with Crippen LogP contribution in [-0.4, -0.2) is 38.1 Å². The van der Waals surface area contributed by atoms with E-state index in [9.17, 15) is 9.18 Å². The van der Waals surface area contributed by atoms with E-state index in [1.807, 2.05) is 6.07 Å². The van der Waals surface area contributed by atoms with Gasteiger partial charge in [-0.25, -0.2) is 4.39 Å². The van der Waals surface area contributed by atoms with E-state index in [1.165, 1.54) is 15.8 Å². The number of carbonyl (C=O) groups is 1. The highest BCUT2D eigenvalue weighted by molar-refractivity contribution is 6.33. The standard InChI is InChI=1S/C17H15ClFN5O/c1-23(10-12-6-2-5-9-15(12)19)16(25)11-24-21-17(20-22-24)13-7-3-4-8-14(13)18/h2-9H,10-11H2,1H3. The van der Waals surface area contributed by atoms with E-state index in [4.69, 9.17) is 11.6 Å². The number of halogens is 2. The molecule has 0 atom stereocenters. The monoisotopic (exact) mass is 359 g/mol. The van der Waals surface area contributed by atoms with E-state index in [0.29, 0.717) is 22.0 Å². The second kappa shape index (κ2) is 7.40. The quantitative estimate of drug-likeness (QED) is 0.702. The van der Waals surface area contributed by atoms with Crippen LogP contribution in [0.4, 0.5) is 4.39 Å². The van der Waals surface area contributed by atoms with Gasteiger partial charge in [0.15, 0.2) is 0 Å². The normalized spacial score (nSPS) is 10.7. The Kier molecular flexibility index (Phi) is 5.04. The number of tetrazole rings is 1. The Balaban J connectivity index is 1.67. The lowest BCUT2D eigenvalue weighted by atomic mass is 10.2. The number of rotatable bonds is 5. The van der Waals surface area contributed by atoms with Gasteiger partial charge >= 0.3 is 0 Å². The maximum atomic E-state index is 13.7. The minimum absolute atomic E-state index is 0.0948. The van der Waals surface area contributed by atoms with Crippen molar-refractivity contribution < 1.29 is 9.18 Å². The average Bonchev–Trinajstić information content (AvgIpc) is 3.05. The molecule has 1 amide bonds. The zero-order chi connectivity index (χ0) is 17.8. The maximum Gasteiger partial charge on any atom is 0.246 e. The van der Waals surface area contributed by atoms with E-state index in [0.717, 1.165) is 0 Å². The molecular formula is C17H15ClFN5O. The summed E-state index contributed by atoms with van der Waals surface area (Å²) < 4.78 is 13.7. The summed E-state index contributed by atoms with van der Waals surface area (Å²) in [6.45, 7) is 0.0694. The summed E-state index contributed by atoms with van der Waals surface area (Å²) in [5, 5.41) is 12.5. The summed E-state index contributed by atoms with van der Waals surface area (Å²) >= 11 is 6.10. The molecule has 3 rings (SSSR count). The molecule has 0 saturated heterocycles. The second-order valence-corrected chi connectivity index (χ2v) is 5.87. The zero-order valence-electron chi connectivity index (χ0n) is 13.4. The van der Waals surface area contributed by atoms with Crippen LogP contribution < -0.4 is 0 Å². The molecule has 8 heteroatoms. The van der Waals surface area contributed by atoms with Gasteiger partial charge < -0.3 is 4.90 Å². The molecule has 0 spiro atoms. The molecule has 2 aromatic carbocycles. The van der Waals surface area contributed by atoms with E-state index in [-0.39, 0.29) is 24.8 Å². The zero-order valence-corrected chi connectivity index (χ0v) is 14.2. The summed E-state index contributed by atoms with van der Waals surface area (Å²) in [6.07, 6.45) is 0. The number of carbonyl (C=O) groups excluding carboxylic acids is 1. The summed E-state index contributed by atoms with van der Waals surface area (Å²) in [5.74, 6) is -0.261. The van der Waals surface area contributed by atoms with Crippen molar-refractivity contribution >= 4 is 17.5 Å². The SMILES string of the molecule is CN(Cc1ccccc1F)C(=O)Cn1nnc(-c2ccccc2Cl)n1. The van der Waals surface area contributed by atoms with Gasteiger partial charge in [-0.3, -0.25) is 4.79 Å². The number of amides is 1. The van der Waals surface area contributed by atoms with Crippen molar-refractivity contribution in [3.63, 3.8) is 0 Å². The highest BCUT2D eigenvalue weighted by Crippen LogP contribution is 2.23. The fourth-order valence-corrected chi connectivity index (χ4v) is 2.49. The van der Waals surface area contributed by atoms with Gasteiger partial charge in [0, 0.05) is 24.7 Å². The van der Waals surface area contributed by atoms with E-state index in [1.54, 1.807) is 43.4 Å². The average molecular weight is 360 g/mol. The molecule has 0 N–H and O–H groups in total. The molecule has 1 aromatic heterocycles. The summed E-state index contributed by atoms with van der Waals surface area (Å²) in [6, 6.07) is 13.5. The third-order valence-electron chi connectivity index (χ3n) is 3.64. The highest BCUT2D eigenvalue weighted by Gasteiger charge is 2.15. The summed E-state index contributed by atoms with van der Waals surface area (Å²) in [5.41, 5.74) is 1.09. The molecule has 0 aliphatic carbocycles. The molecule has 0 saturated carbocycles. The first-order valence-corrected chi connectivity index (χ1v) is 7.92. The molecule has 0 unspecified atom stereocenters. The van der Waals surface area contributed by atoms with Crippen LogP contribution in [-0.2, 0) is 17.9 Å². The lowest BCUT2D eigenvalue weighted by Gasteiger charge is -2.17. The van der Waals surface area contributed by atoms with Gasteiger partial charge in [0.25, 0.3) is 0 Å². The maximum absolute atomic E-state index is 13.7. The fraction of sp³-hybridized carbons (Fsp3) is 0.176. The lowest BCUT2D eigenvalue weighted by molar-refractivity contribution is -0.131. The van der Waals surface area contributed by atoms with E-state index >= 15 is 0 Å². The molecule has 25 heavy (non-hydrogen) atoms. The van der Waals surface area contributed by atoms with Crippen LogP contribution in [0.25, 0.3) is 11.4 Å². The number of nitrogens with zero attached hydrogens (tertiary/aromatic N) is 5. The second-order valence-electron chi connectivity index (χ2n) is 5.46. The van der Waals surface area contributed by atoms with Crippen molar-refractivity contribution in [2.45, 2.75) is 13.1 Å². The third-order valence-corrected chi connectivity index (χ3v) is 3.96. The minimum atomic E-state index is -0.345. The number of hydrogen-bond acceptors (Lipinski definition) is 4. The van der Waals surface area contributed by atoms with Crippen molar-refractivity contribution in [1.82, 2.24) is 25.1 Å². The topological polar surface area (TPSA) is 63.9 Å². The molecule has 128 valence electrons. The first-order chi connectivity index (χ1) is 12.0. The van der Waals surface area contributed by atoms with Crippen molar-refractivity contribution in [2.24, 2.45) is 0 Å². The molecule has 3 aromatic rings. The van der Waals surface area contributed by atoms with Crippen LogP contribution in [0.15, 0.2) is 48.5 Å². The number of benzene rings is 2. The molecule has 0 aliphatic rings. The number of hydrogen-bond donors (Lipinski definition) is 0. The number of aromatic nitrogens is 4. The van der Waals surface area contributed by atoms with Crippen LogP contribution >= 0.6 is 11.6 Å². The van der Waals surface area contributed by atoms with Gasteiger partial charge in [-0.05, 0) is 23.4 Å². The van der Waals surface area contributed by atoms with Crippen molar-refractivity contribution in [1.29, 1.82) is 0 Å². The first-order valence-electron chi connectivity index (χ1n) is 7.54. The van der Waals surface area contributed by atoms with Gasteiger partial charge in [0.2, 0.25) is 11.7 Å². The minimum Gasteiger partial charge on any atom is -0.340 e. The van der Waals surface area contributed by atoms with Gasteiger partial charge in [-0.1, -0.05) is 41.9 Å². The van der Waals surface area contributed by atoms with E-state index < -0.39 is 0 Å². The molecule has 1 heterocycles. The van der Waals surface area contributed by atoms with Crippen LogP contribution in [0.3, 0.4) is 0 Å². The Bertz CT molecular complexity index is 898. The van der Waals surface area contributed by atoms with Gasteiger partial charge in [0.1, 0.15) is 12.4 Å². The van der Waals surface area contributed by atoms with Gasteiger partial charge in [0.05, 0.1) is 5.02 Å². The van der Waals surface area contributed by atoms with Crippen molar-refractivity contribution in [3.05, 3.63) is 64.9 Å². The Labute approximate surface area is 148 Å². The summed E-state index contributed by atoms with van der Waals surface area (Å²) in [7, 11) is 1.60.